The zero-order valence-corrected chi connectivity index (χ0v) is 14.4. The molecule has 0 radical (unpaired) electrons. The van der Waals surface area contributed by atoms with Gasteiger partial charge < -0.3 is 23.9 Å². The van der Waals surface area contributed by atoms with E-state index in [4.69, 9.17) is 14.2 Å². The fraction of sp³-hybridized carbons (Fsp3) is 0.500. The predicted octanol–water partition coefficient (Wildman–Crippen LogP) is 2.69. The summed E-state index contributed by atoms with van der Waals surface area (Å²) >= 11 is 0. The molecule has 1 fully saturated rings. The molecule has 1 aliphatic rings. The SMILES string of the molecule is COCCOC(OC)c1cc(F)c(CO)cc1-n1cnc(C2CC2)c1. The summed E-state index contributed by atoms with van der Waals surface area (Å²) < 4.78 is 32.1. The number of rotatable bonds is 9. The summed E-state index contributed by atoms with van der Waals surface area (Å²) in [7, 11) is 3.08. The van der Waals surface area contributed by atoms with Gasteiger partial charge >= 0.3 is 0 Å². The van der Waals surface area contributed by atoms with Crippen molar-refractivity contribution >= 4 is 0 Å². The normalized spacial score (nSPS) is 15.5. The number of imidazole rings is 1. The van der Waals surface area contributed by atoms with E-state index in [2.05, 4.69) is 4.98 Å². The highest BCUT2D eigenvalue weighted by atomic mass is 19.1. The summed E-state index contributed by atoms with van der Waals surface area (Å²) in [5.74, 6) is 0.0137. The van der Waals surface area contributed by atoms with Crippen molar-refractivity contribution in [2.45, 2.75) is 31.7 Å². The minimum atomic E-state index is -0.751. The third-order valence-corrected chi connectivity index (χ3v) is 4.27. The molecule has 7 heteroatoms. The molecule has 0 amide bonds. The number of halogens is 1. The van der Waals surface area contributed by atoms with Crippen LogP contribution in [0.4, 0.5) is 4.39 Å². The van der Waals surface area contributed by atoms with Crippen LogP contribution in [0.3, 0.4) is 0 Å². The molecule has 1 aliphatic carbocycles. The van der Waals surface area contributed by atoms with Gasteiger partial charge in [0.2, 0.25) is 0 Å². The Kier molecular flexibility index (Phi) is 5.80. The average Bonchev–Trinajstić information content (AvgIpc) is 3.36. The van der Waals surface area contributed by atoms with Gasteiger partial charge in [-0.2, -0.15) is 0 Å². The number of hydrogen-bond acceptors (Lipinski definition) is 5. The maximum Gasteiger partial charge on any atom is 0.185 e. The molecule has 1 unspecified atom stereocenters. The average molecular weight is 350 g/mol. The van der Waals surface area contributed by atoms with Crippen molar-refractivity contribution in [3.8, 4) is 5.69 Å². The first-order valence-electron chi connectivity index (χ1n) is 8.28. The Morgan fingerprint density at radius 3 is 2.76 bits per heavy atom. The van der Waals surface area contributed by atoms with Crippen LogP contribution < -0.4 is 0 Å². The molecule has 1 saturated carbocycles. The highest BCUT2D eigenvalue weighted by Crippen LogP contribution is 2.39. The summed E-state index contributed by atoms with van der Waals surface area (Å²) in [5, 5.41) is 9.41. The third kappa shape index (κ3) is 4.07. The smallest absolute Gasteiger partial charge is 0.185 e. The van der Waals surface area contributed by atoms with Crippen molar-refractivity contribution in [1.29, 1.82) is 0 Å². The molecule has 3 rings (SSSR count). The highest BCUT2D eigenvalue weighted by molar-refractivity contribution is 5.46. The topological polar surface area (TPSA) is 65.7 Å². The van der Waals surface area contributed by atoms with E-state index in [1.165, 1.54) is 13.2 Å². The molecule has 25 heavy (non-hydrogen) atoms. The summed E-state index contributed by atoms with van der Waals surface area (Å²) in [4.78, 5) is 4.44. The van der Waals surface area contributed by atoms with Gasteiger partial charge in [0.05, 0.1) is 37.5 Å². The molecule has 1 aromatic carbocycles. The van der Waals surface area contributed by atoms with Gasteiger partial charge in [0.25, 0.3) is 0 Å². The van der Waals surface area contributed by atoms with Crippen molar-refractivity contribution in [3.63, 3.8) is 0 Å². The number of aliphatic hydroxyl groups is 1. The van der Waals surface area contributed by atoms with Crippen LogP contribution in [0.25, 0.3) is 5.69 Å². The van der Waals surface area contributed by atoms with E-state index in [0.717, 1.165) is 18.5 Å². The van der Waals surface area contributed by atoms with Gasteiger partial charge in [-0.25, -0.2) is 9.37 Å². The number of hydrogen-bond donors (Lipinski definition) is 1. The second-order valence-corrected chi connectivity index (χ2v) is 6.07. The molecule has 0 bridgehead atoms. The van der Waals surface area contributed by atoms with Crippen LogP contribution >= 0.6 is 0 Å². The van der Waals surface area contributed by atoms with E-state index in [0.29, 0.717) is 30.4 Å². The zero-order valence-electron chi connectivity index (χ0n) is 14.4. The van der Waals surface area contributed by atoms with E-state index < -0.39 is 12.1 Å². The van der Waals surface area contributed by atoms with Gasteiger partial charge in [0.1, 0.15) is 5.82 Å². The Morgan fingerprint density at radius 2 is 2.12 bits per heavy atom. The molecule has 0 aliphatic heterocycles. The lowest BCUT2D eigenvalue weighted by molar-refractivity contribution is -0.135. The maximum absolute atomic E-state index is 14.3. The monoisotopic (exact) mass is 350 g/mol. The lowest BCUT2D eigenvalue weighted by atomic mass is 10.1. The summed E-state index contributed by atoms with van der Waals surface area (Å²) in [6, 6.07) is 2.95. The maximum atomic E-state index is 14.3. The summed E-state index contributed by atoms with van der Waals surface area (Å²) in [6.07, 6.45) is 5.19. The number of aliphatic hydroxyl groups excluding tert-OH is 1. The van der Waals surface area contributed by atoms with Crippen LogP contribution in [0.1, 0.15) is 41.9 Å². The number of methoxy groups -OCH3 is 2. The predicted molar refractivity (Wildman–Crippen MR) is 89.0 cm³/mol. The van der Waals surface area contributed by atoms with Gasteiger partial charge in [-0.05, 0) is 25.0 Å². The first kappa shape index (κ1) is 18.0. The molecule has 6 nitrogen and oxygen atoms in total. The fourth-order valence-electron chi connectivity index (χ4n) is 2.74. The Morgan fingerprint density at radius 1 is 1.32 bits per heavy atom. The van der Waals surface area contributed by atoms with E-state index in [-0.39, 0.29) is 12.2 Å². The van der Waals surface area contributed by atoms with E-state index in [1.54, 1.807) is 19.5 Å². The van der Waals surface area contributed by atoms with Gasteiger partial charge in [-0.3, -0.25) is 0 Å². The lowest BCUT2D eigenvalue weighted by Crippen LogP contribution is -2.14. The van der Waals surface area contributed by atoms with Gasteiger partial charge in [-0.1, -0.05) is 0 Å². The molecule has 0 saturated heterocycles. The molecule has 1 N–H and O–H groups in total. The van der Waals surface area contributed by atoms with E-state index >= 15 is 0 Å². The van der Waals surface area contributed by atoms with Crippen LogP contribution in [-0.2, 0) is 20.8 Å². The molecule has 1 aromatic heterocycles. The first-order chi connectivity index (χ1) is 12.2. The van der Waals surface area contributed by atoms with Crippen molar-refractivity contribution in [2.75, 3.05) is 27.4 Å². The Bertz CT molecular complexity index is 715. The zero-order chi connectivity index (χ0) is 17.8. The number of nitrogens with zero attached hydrogens (tertiary/aromatic N) is 2. The first-order valence-corrected chi connectivity index (χ1v) is 8.28. The summed E-state index contributed by atoms with van der Waals surface area (Å²) in [5.41, 5.74) is 2.45. The van der Waals surface area contributed by atoms with Crippen molar-refractivity contribution in [2.24, 2.45) is 0 Å². The minimum absolute atomic E-state index is 0.215. The van der Waals surface area contributed by atoms with Gasteiger partial charge in [0, 0.05) is 37.5 Å². The van der Waals surface area contributed by atoms with Gasteiger partial charge in [0.15, 0.2) is 6.29 Å². The molecular formula is C18H23FN2O4. The molecular weight excluding hydrogens is 327 g/mol. The molecule has 1 heterocycles. The summed E-state index contributed by atoms with van der Waals surface area (Å²) in [6.45, 7) is 0.337. The largest absolute Gasteiger partial charge is 0.392 e. The highest BCUT2D eigenvalue weighted by Gasteiger charge is 2.27. The Labute approximate surface area is 146 Å². The lowest BCUT2D eigenvalue weighted by Gasteiger charge is -2.21. The van der Waals surface area contributed by atoms with Crippen molar-refractivity contribution < 1.29 is 23.7 Å². The third-order valence-electron chi connectivity index (χ3n) is 4.27. The molecule has 1 atom stereocenters. The standard InChI is InChI=1S/C18H23FN2O4/c1-23-5-6-25-18(24-2)14-8-15(19)13(10-22)7-17(14)21-9-16(20-11-21)12-3-4-12/h7-9,11-12,18,22H,3-6,10H2,1-2H3. The second-order valence-electron chi connectivity index (χ2n) is 6.07. The van der Waals surface area contributed by atoms with Crippen molar-refractivity contribution in [3.05, 3.63) is 47.3 Å². The minimum Gasteiger partial charge on any atom is -0.392 e. The fourth-order valence-corrected chi connectivity index (χ4v) is 2.74. The van der Waals surface area contributed by atoms with Gasteiger partial charge in [-0.15, -0.1) is 0 Å². The quantitative estimate of drug-likeness (QED) is 0.556. The Hall–Kier alpha value is -1.80. The molecule has 2 aromatic rings. The van der Waals surface area contributed by atoms with E-state index in [9.17, 15) is 9.50 Å². The number of aromatic nitrogens is 2. The van der Waals surface area contributed by atoms with Crippen LogP contribution in [0.5, 0.6) is 0 Å². The molecule has 0 spiro atoms. The van der Waals surface area contributed by atoms with Crippen LogP contribution in [0.15, 0.2) is 24.7 Å². The number of ether oxygens (including phenoxy) is 3. The van der Waals surface area contributed by atoms with Crippen molar-refractivity contribution in [1.82, 2.24) is 9.55 Å². The Balaban J connectivity index is 1.97. The van der Waals surface area contributed by atoms with Crippen LogP contribution in [0.2, 0.25) is 0 Å². The van der Waals surface area contributed by atoms with E-state index in [1.807, 2.05) is 10.8 Å². The molecule has 136 valence electrons. The van der Waals surface area contributed by atoms with Crippen LogP contribution in [-0.4, -0.2) is 42.1 Å². The second kappa shape index (κ2) is 8.05. The van der Waals surface area contributed by atoms with Crippen LogP contribution in [0, 0.1) is 5.82 Å². The number of benzene rings is 1.